The molecule has 124 valence electrons. The number of allylic oxidation sites excluding steroid dienone is 1. The van der Waals surface area contributed by atoms with Gasteiger partial charge in [0.15, 0.2) is 5.82 Å². The van der Waals surface area contributed by atoms with Crippen LogP contribution in [0.3, 0.4) is 0 Å². The predicted molar refractivity (Wildman–Crippen MR) is 98.9 cm³/mol. The fourth-order valence-corrected chi connectivity index (χ4v) is 2.93. The van der Waals surface area contributed by atoms with Crippen molar-refractivity contribution in [3.8, 4) is 6.07 Å². The molecule has 1 heterocycles. The van der Waals surface area contributed by atoms with Crippen LogP contribution in [0.5, 0.6) is 0 Å². The molecule has 0 atom stereocenters. The number of nitrogens with zero attached hydrogens (tertiary/aromatic N) is 2. The van der Waals surface area contributed by atoms with E-state index in [-0.39, 0.29) is 22.0 Å². The average molecular weight is 393 g/mol. The van der Waals surface area contributed by atoms with Crippen molar-refractivity contribution in [2.45, 2.75) is 0 Å². The molecular formula is C17H8Cl3N3O2. The lowest BCUT2D eigenvalue weighted by atomic mass is 10.1. The van der Waals surface area contributed by atoms with E-state index in [1.165, 1.54) is 30.3 Å². The number of benzene rings is 2. The normalized spacial score (nSPS) is 11.9. The fourth-order valence-electron chi connectivity index (χ4n) is 2.27. The van der Waals surface area contributed by atoms with E-state index in [0.717, 1.165) is 0 Å². The second-order valence-electron chi connectivity index (χ2n) is 5.04. The Labute approximate surface area is 156 Å². The van der Waals surface area contributed by atoms with Gasteiger partial charge in [0, 0.05) is 15.6 Å². The summed E-state index contributed by atoms with van der Waals surface area (Å²) < 4.78 is 0. The number of aliphatic hydroxyl groups excluding tert-OH is 1. The zero-order valence-corrected chi connectivity index (χ0v) is 14.6. The lowest BCUT2D eigenvalue weighted by Crippen LogP contribution is -2.12. The second-order valence-corrected chi connectivity index (χ2v) is 6.32. The molecule has 0 spiro atoms. The van der Waals surface area contributed by atoms with Crippen LogP contribution in [0.2, 0.25) is 15.1 Å². The Hall–Kier alpha value is -2.52. The topological polar surface area (TPSA) is 89.8 Å². The SMILES string of the molecule is N#CC(=C(O)c1ccc(Cl)cc1Cl)c1nc2cc(Cl)ccc2c(=O)[nH]1. The first-order valence-corrected chi connectivity index (χ1v) is 8.03. The smallest absolute Gasteiger partial charge is 0.259 e. The summed E-state index contributed by atoms with van der Waals surface area (Å²) in [5, 5.41) is 21.2. The van der Waals surface area contributed by atoms with Crippen molar-refractivity contribution < 1.29 is 5.11 Å². The summed E-state index contributed by atoms with van der Waals surface area (Å²) in [5.41, 5.74) is -0.201. The van der Waals surface area contributed by atoms with Crippen LogP contribution in [-0.2, 0) is 0 Å². The second kappa shape index (κ2) is 6.77. The molecule has 2 aromatic carbocycles. The van der Waals surface area contributed by atoms with Crippen molar-refractivity contribution in [2.24, 2.45) is 0 Å². The first-order valence-electron chi connectivity index (χ1n) is 6.89. The number of nitrogens with one attached hydrogen (secondary N) is 1. The van der Waals surface area contributed by atoms with Crippen LogP contribution in [0.25, 0.3) is 22.2 Å². The third-order valence-corrected chi connectivity index (χ3v) is 4.22. The van der Waals surface area contributed by atoms with Crippen LogP contribution < -0.4 is 5.56 Å². The summed E-state index contributed by atoms with van der Waals surface area (Å²) in [4.78, 5) is 18.9. The molecule has 0 radical (unpaired) electrons. The maximum atomic E-state index is 12.2. The molecule has 0 amide bonds. The van der Waals surface area contributed by atoms with Crippen LogP contribution in [0.15, 0.2) is 41.2 Å². The van der Waals surface area contributed by atoms with E-state index in [4.69, 9.17) is 34.8 Å². The van der Waals surface area contributed by atoms with Gasteiger partial charge in [-0.1, -0.05) is 34.8 Å². The molecule has 0 aliphatic rings. The number of aromatic amines is 1. The Balaban J connectivity index is 2.26. The molecular weight excluding hydrogens is 385 g/mol. The van der Waals surface area contributed by atoms with Crippen molar-refractivity contribution in [3.05, 3.63) is 73.2 Å². The maximum Gasteiger partial charge on any atom is 0.259 e. The first kappa shape index (κ1) is 17.3. The number of fused-ring (bicyclic) bond motifs is 1. The van der Waals surface area contributed by atoms with Crippen LogP contribution >= 0.6 is 34.8 Å². The van der Waals surface area contributed by atoms with Crippen molar-refractivity contribution >= 4 is 57.0 Å². The molecule has 2 N–H and O–H groups in total. The zero-order chi connectivity index (χ0) is 18.1. The van der Waals surface area contributed by atoms with E-state index in [2.05, 4.69) is 9.97 Å². The van der Waals surface area contributed by atoms with Crippen molar-refractivity contribution in [3.63, 3.8) is 0 Å². The molecule has 0 saturated carbocycles. The molecule has 0 unspecified atom stereocenters. The highest BCUT2D eigenvalue weighted by atomic mass is 35.5. The number of aromatic nitrogens is 2. The highest BCUT2D eigenvalue weighted by molar-refractivity contribution is 6.35. The minimum Gasteiger partial charge on any atom is -0.506 e. The number of nitriles is 1. The molecule has 0 aliphatic carbocycles. The van der Waals surface area contributed by atoms with Crippen LogP contribution in [0.4, 0.5) is 0 Å². The fraction of sp³-hybridized carbons (Fsp3) is 0. The van der Waals surface area contributed by atoms with E-state index in [9.17, 15) is 15.2 Å². The van der Waals surface area contributed by atoms with E-state index < -0.39 is 11.3 Å². The molecule has 0 aliphatic heterocycles. The summed E-state index contributed by atoms with van der Waals surface area (Å²) in [6, 6.07) is 10.8. The summed E-state index contributed by atoms with van der Waals surface area (Å²) in [6.07, 6.45) is 0. The van der Waals surface area contributed by atoms with Gasteiger partial charge < -0.3 is 10.1 Å². The van der Waals surface area contributed by atoms with Gasteiger partial charge >= 0.3 is 0 Å². The molecule has 3 rings (SSSR count). The van der Waals surface area contributed by atoms with Crippen LogP contribution in [-0.4, -0.2) is 15.1 Å². The van der Waals surface area contributed by atoms with E-state index in [1.54, 1.807) is 6.07 Å². The molecule has 0 bridgehead atoms. The minimum absolute atomic E-state index is 0.0919. The molecule has 0 fully saturated rings. The Morgan fingerprint density at radius 2 is 1.80 bits per heavy atom. The Kier molecular flexibility index (Phi) is 4.69. The number of hydrogen-bond acceptors (Lipinski definition) is 4. The third kappa shape index (κ3) is 3.33. The van der Waals surface area contributed by atoms with Crippen molar-refractivity contribution in [1.82, 2.24) is 9.97 Å². The molecule has 0 saturated heterocycles. The van der Waals surface area contributed by atoms with Gasteiger partial charge in [-0.25, -0.2) is 4.98 Å². The number of H-pyrrole nitrogens is 1. The van der Waals surface area contributed by atoms with Gasteiger partial charge in [0.25, 0.3) is 5.56 Å². The highest BCUT2D eigenvalue weighted by Gasteiger charge is 2.17. The Morgan fingerprint density at radius 3 is 2.48 bits per heavy atom. The monoisotopic (exact) mass is 391 g/mol. The van der Waals surface area contributed by atoms with Gasteiger partial charge in [0.2, 0.25) is 0 Å². The molecule has 3 aromatic rings. The third-order valence-electron chi connectivity index (χ3n) is 3.44. The first-order chi connectivity index (χ1) is 11.9. The lowest BCUT2D eigenvalue weighted by molar-refractivity contribution is 0.514. The summed E-state index contributed by atoms with van der Waals surface area (Å²) >= 11 is 17.8. The molecule has 25 heavy (non-hydrogen) atoms. The number of rotatable bonds is 2. The largest absolute Gasteiger partial charge is 0.506 e. The van der Waals surface area contributed by atoms with Crippen molar-refractivity contribution in [2.75, 3.05) is 0 Å². The number of halogens is 3. The van der Waals surface area contributed by atoms with Gasteiger partial charge in [-0.15, -0.1) is 0 Å². The minimum atomic E-state index is -0.459. The van der Waals surface area contributed by atoms with Crippen LogP contribution in [0.1, 0.15) is 11.4 Å². The van der Waals surface area contributed by atoms with E-state index >= 15 is 0 Å². The number of hydrogen-bond donors (Lipinski definition) is 2. The van der Waals surface area contributed by atoms with Crippen LogP contribution in [0, 0.1) is 11.3 Å². The quantitative estimate of drug-likeness (QED) is 0.482. The van der Waals surface area contributed by atoms with Gasteiger partial charge in [-0.3, -0.25) is 4.79 Å². The lowest BCUT2D eigenvalue weighted by Gasteiger charge is -2.07. The molecule has 8 heteroatoms. The number of aliphatic hydroxyl groups is 1. The summed E-state index contributed by atoms with van der Waals surface area (Å²) in [6.45, 7) is 0. The highest BCUT2D eigenvalue weighted by Crippen LogP contribution is 2.30. The average Bonchev–Trinajstić information content (AvgIpc) is 2.55. The summed E-state index contributed by atoms with van der Waals surface area (Å²) in [7, 11) is 0. The summed E-state index contributed by atoms with van der Waals surface area (Å²) in [5.74, 6) is -0.514. The molecule has 1 aromatic heterocycles. The van der Waals surface area contributed by atoms with Gasteiger partial charge in [0.1, 0.15) is 17.4 Å². The van der Waals surface area contributed by atoms with Gasteiger partial charge in [-0.05, 0) is 36.4 Å². The predicted octanol–water partition coefficient (Wildman–Crippen LogP) is 4.83. The van der Waals surface area contributed by atoms with E-state index in [1.807, 2.05) is 6.07 Å². The van der Waals surface area contributed by atoms with Gasteiger partial charge in [0.05, 0.1) is 15.9 Å². The Bertz CT molecular complexity index is 1130. The maximum absolute atomic E-state index is 12.2. The van der Waals surface area contributed by atoms with E-state index in [0.29, 0.717) is 20.9 Å². The van der Waals surface area contributed by atoms with Gasteiger partial charge in [-0.2, -0.15) is 5.26 Å². The molecule has 5 nitrogen and oxygen atoms in total. The zero-order valence-electron chi connectivity index (χ0n) is 12.3. The Morgan fingerprint density at radius 1 is 1.12 bits per heavy atom. The standard InChI is InChI=1S/C17H8Cl3N3O2/c18-8-1-3-10(13(20)5-8)15(24)12(7-21)16-22-14-6-9(19)2-4-11(14)17(25)23-16/h1-6,24H,(H,22,23,25). The van der Waals surface area contributed by atoms with Crippen molar-refractivity contribution in [1.29, 1.82) is 5.26 Å².